The first-order chi connectivity index (χ1) is 8.83. The van der Waals surface area contributed by atoms with Crippen LogP contribution in [0.4, 0.5) is 0 Å². The van der Waals surface area contributed by atoms with Gasteiger partial charge in [-0.05, 0) is 29.9 Å². The number of benzene rings is 1. The van der Waals surface area contributed by atoms with Gasteiger partial charge in [0, 0.05) is 0 Å². The molecule has 0 amide bonds. The van der Waals surface area contributed by atoms with Crippen LogP contribution >= 0.6 is 0 Å². The number of ether oxygens (including phenoxy) is 1. The topological polar surface area (TPSA) is 46.5 Å². The second-order valence-electron chi connectivity index (χ2n) is 6.07. The minimum atomic E-state index is -0.650. The minimum absolute atomic E-state index is 0.0352. The normalized spacial score (nSPS) is 13.4. The van der Waals surface area contributed by atoms with E-state index in [-0.39, 0.29) is 18.0 Å². The van der Waals surface area contributed by atoms with E-state index in [0.29, 0.717) is 11.5 Å². The molecule has 1 N–H and O–H groups in total. The van der Waals surface area contributed by atoms with Gasteiger partial charge in [0.2, 0.25) is 0 Å². The van der Waals surface area contributed by atoms with E-state index in [9.17, 15) is 9.90 Å². The molecule has 1 atom stereocenters. The van der Waals surface area contributed by atoms with Crippen LogP contribution in [0, 0.1) is 11.3 Å². The fourth-order valence-electron chi connectivity index (χ4n) is 2.23. The van der Waals surface area contributed by atoms with Gasteiger partial charge in [-0.2, -0.15) is 0 Å². The molecule has 0 aliphatic rings. The molecule has 0 aliphatic heterocycles. The molecule has 3 nitrogen and oxygen atoms in total. The van der Waals surface area contributed by atoms with Gasteiger partial charge in [-0.1, -0.05) is 45.9 Å². The van der Waals surface area contributed by atoms with Crippen molar-refractivity contribution in [1.29, 1.82) is 0 Å². The highest BCUT2D eigenvalue weighted by Crippen LogP contribution is 2.29. The summed E-state index contributed by atoms with van der Waals surface area (Å²) in [5.41, 5.74) is 0.252. The van der Waals surface area contributed by atoms with Crippen LogP contribution in [0.1, 0.15) is 44.5 Å². The van der Waals surface area contributed by atoms with E-state index in [1.54, 1.807) is 24.3 Å². The highest BCUT2D eigenvalue weighted by molar-refractivity contribution is 5.89. The summed E-state index contributed by atoms with van der Waals surface area (Å²) in [5, 5.41) is 10.1. The molecule has 19 heavy (non-hydrogen) atoms. The Morgan fingerprint density at radius 2 is 1.84 bits per heavy atom. The van der Waals surface area contributed by atoms with Gasteiger partial charge in [-0.15, -0.1) is 0 Å². The number of hydrogen-bond acceptors (Lipinski definition) is 3. The Balaban J connectivity index is 2.50. The first kappa shape index (κ1) is 15.7. The lowest BCUT2D eigenvalue weighted by molar-refractivity contribution is -0.0236. The third-order valence-electron chi connectivity index (χ3n) is 3.22. The van der Waals surface area contributed by atoms with Crippen molar-refractivity contribution < 1.29 is 14.6 Å². The van der Waals surface area contributed by atoms with Crippen LogP contribution in [-0.2, 0) is 4.74 Å². The van der Waals surface area contributed by atoms with E-state index in [1.165, 1.54) is 0 Å². The van der Waals surface area contributed by atoms with Crippen molar-refractivity contribution in [1.82, 2.24) is 0 Å². The smallest absolute Gasteiger partial charge is 0.338 e. The Hall–Kier alpha value is -1.35. The number of carbonyl (C=O) groups is 1. The van der Waals surface area contributed by atoms with E-state index in [2.05, 4.69) is 13.8 Å². The van der Waals surface area contributed by atoms with Crippen molar-refractivity contribution in [3.63, 3.8) is 0 Å². The lowest BCUT2D eigenvalue weighted by Crippen LogP contribution is -2.35. The quantitative estimate of drug-likeness (QED) is 0.802. The summed E-state index contributed by atoms with van der Waals surface area (Å²) in [6, 6.07) is 8.82. The SMILES string of the molecule is CC(C)CC(C)(C)C(O)COC(=O)c1ccccc1. The lowest BCUT2D eigenvalue weighted by atomic mass is 9.79. The van der Waals surface area contributed by atoms with E-state index >= 15 is 0 Å². The maximum absolute atomic E-state index is 11.8. The molecule has 1 unspecified atom stereocenters. The van der Waals surface area contributed by atoms with Gasteiger partial charge in [0.05, 0.1) is 11.7 Å². The Bertz CT molecular complexity index is 396. The summed E-state index contributed by atoms with van der Waals surface area (Å²) in [4.78, 5) is 11.8. The minimum Gasteiger partial charge on any atom is -0.459 e. The van der Waals surface area contributed by atoms with E-state index in [1.807, 2.05) is 19.9 Å². The number of aliphatic hydroxyl groups is 1. The van der Waals surface area contributed by atoms with Crippen LogP contribution in [0.5, 0.6) is 0 Å². The molecule has 0 aromatic heterocycles. The molecular formula is C16H24O3. The number of aliphatic hydroxyl groups excluding tert-OH is 1. The molecule has 0 radical (unpaired) electrons. The zero-order valence-corrected chi connectivity index (χ0v) is 12.2. The predicted molar refractivity (Wildman–Crippen MR) is 76.0 cm³/mol. The molecule has 3 heteroatoms. The summed E-state index contributed by atoms with van der Waals surface area (Å²) in [7, 11) is 0. The fourth-order valence-corrected chi connectivity index (χ4v) is 2.23. The summed E-state index contributed by atoms with van der Waals surface area (Å²) in [6.45, 7) is 8.25. The van der Waals surface area contributed by atoms with Crippen LogP contribution in [0.2, 0.25) is 0 Å². The van der Waals surface area contributed by atoms with Gasteiger partial charge in [0.1, 0.15) is 6.61 Å². The average molecular weight is 264 g/mol. The Labute approximate surface area is 115 Å². The van der Waals surface area contributed by atoms with Crippen molar-refractivity contribution in [3.8, 4) is 0 Å². The molecule has 106 valence electrons. The molecule has 0 spiro atoms. The first-order valence-corrected chi connectivity index (χ1v) is 6.73. The second-order valence-corrected chi connectivity index (χ2v) is 6.07. The molecule has 0 bridgehead atoms. The van der Waals surface area contributed by atoms with E-state index < -0.39 is 6.10 Å². The fraction of sp³-hybridized carbons (Fsp3) is 0.562. The Kier molecular flexibility index (Phi) is 5.55. The van der Waals surface area contributed by atoms with Gasteiger partial charge in [0.25, 0.3) is 0 Å². The maximum Gasteiger partial charge on any atom is 0.338 e. The molecule has 0 aliphatic carbocycles. The highest BCUT2D eigenvalue weighted by atomic mass is 16.5. The van der Waals surface area contributed by atoms with Crippen LogP contribution < -0.4 is 0 Å². The zero-order valence-electron chi connectivity index (χ0n) is 12.2. The lowest BCUT2D eigenvalue weighted by Gasteiger charge is -2.31. The summed E-state index contributed by atoms with van der Waals surface area (Å²) in [6.07, 6.45) is 0.236. The van der Waals surface area contributed by atoms with Crippen LogP contribution in [0.15, 0.2) is 30.3 Å². The molecule has 0 saturated heterocycles. The molecule has 1 aromatic rings. The predicted octanol–water partition coefficient (Wildman–Crippen LogP) is 3.28. The van der Waals surface area contributed by atoms with Gasteiger partial charge in [-0.3, -0.25) is 0 Å². The van der Waals surface area contributed by atoms with Crippen LogP contribution in [-0.4, -0.2) is 23.8 Å². The molecule has 0 heterocycles. The highest BCUT2D eigenvalue weighted by Gasteiger charge is 2.29. The zero-order chi connectivity index (χ0) is 14.5. The van der Waals surface area contributed by atoms with Crippen molar-refractivity contribution in [2.45, 2.75) is 40.2 Å². The third-order valence-corrected chi connectivity index (χ3v) is 3.22. The van der Waals surface area contributed by atoms with E-state index in [0.717, 1.165) is 6.42 Å². The van der Waals surface area contributed by atoms with Crippen molar-refractivity contribution in [2.24, 2.45) is 11.3 Å². The first-order valence-electron chi connectivity index (χ1n) is 6.73. The molecular weight excluding hydrogens is 240 g/mol. The number of hydrogen-bond donors (Lipinski definition) is 1. The number of carbonyl (C=O) groups excluding carboxylic acids is 1. The van der Waals surface area contributed by atoms with E-state index in [4.69, 9.17) is 4.74 Å². The molecule has 0 saturated carbocycles. The molecule has 1 rings (SSSR count). The van der Waals surface area contributed by atoms with Crippen LogP contribution in [0.3, 0.4) is 0 Å². The summed E-state index contributed by atoms with van der Waals surface area (Å²) >= 11 is 0. The van der Waals surface area contributed by atoms with Crippen LogP contribution in [0.25, 0.3) is 0 Å². The standard InChI is InChI=1S/C16H24O3/c1-12(2)10-16(3,4)14(17)11-19-15(18)13-8-6-5-7-9-13/h5-9,12,14,17H,10-11H2,1-4H3. The van der Waals surface area contributed by atoms with Gasteiger partial charge in [-0.25, -0.2) is 4.79 Å². The van der Waals surface area contributed by atoms with Crippen molar-refractivity contribution in [3.05, 3.63) is 35.9 Å². The average Bonchev–Trinajstić information content (AvgIpc) is 2.35. The maximum atomic E-state index is 11.8. The summed E-state index contributed by atoms with van der Waals surface area (Å²) < 4.78 is 5.17. The van der Waals surface area contributed by atoms with Crippen molar-refractivity contribution >= 4 is 5.97 Å². The van der Waals surface area contributed by atoms with Gasteiger partial charge in [0.15, 0.2) is 0 Å². The number of esters is 1. The van der Waals surface area contributed by atoms with Gasteiger partial charge >= 0.3 is 5.97 Å². The molecule has 1 aromatic carbocycles. The monoisotopic (exact) mass is 264 g/mol. The largest absolute Gasteiger partial charge is 0.459 e. The Morgan fingerprint density at radius 1 is 1.26 bits per heavy atom. The third kappa shape index (κ3) is 5.03. The number of rotatable bonds is 6. The molecule has 0 fully saturated rings. The van der Waals surface area contributed by atoms with Gasteiger partial charge < -0.3 is 9.84 Å². The Morgan fingerprint density at radius 3 is 2.37 bits per heavy atom. The summed E-state index contributed by atoms with van der Waals surface area (Å²) in [5.74, 6) is 0.106. The van der Waals surface area contributed by atoms with Crippen molar-refractivity contribution in [2.75, 3.05) is 6.61 Å². The second kappa shape index (κ2) is 6.71.